The van der Waals surface area contributed by atoms with Gasteiger partial charge in [0.1, 0.15) is 13.1 Å². The van der Waals surface area contributed by atoms with E-state index in [2.05, 4.69) is 14.5 Å². The number of carbonyl (C=O) groups excluding carboxylic acids is 2. The van der Waals surface area contributed by atoms with Crippen LogP contribution in [0.2, 0.25) is 0 Å². The Kier molecular flexibility index (Phi) is 4.52. The number of hydrogen-bond donors (Lipinski definition) is 0. The van der Waals surface area contributed by atoms with Crippen molar-refractivity contribution in [3.63, 3.8) is 0 Å². The van der Waals surface area contributed by atoms with Crippen LogP contribution in [-0.4, -0.2) is 44.2 Å². The van der Waals surface area contributed by atoms with Gasteiger partial charge in [-0.05, 0) is 12.1 Å². The number of aromatic nitrogens is 1. The number of methoxy groups -OCH3 is 2. The molecule has 0 unspecified atom stereocenters. The van der Waals surface area contributed by atoms with Gasteiger partial charge in [-0.1, -0.05) is 23.5 Å². The molecule has 0 spiro atoms. The maximum absolute atomic E-state index is 11.4. The highest BCUT2D eigenvalue weighted by molar-refractivity contribution is 7.22. The Balaban J connectivity index is 2.28. The van der Waals surface area contributed by atoms with Crippen LogP contribution in [0.25, 0.3) is 10.2 Å². The molecule has 0 atom stereocenters. The van der Waals surface area contributed by atoms with Gasteiger partial charge in [-0.25, -0.2) is 4.98 Å². The van der Waals surface area contributed by atoms with Gasteiger partial charge < -0.3 is 14.4 Å². The zero-order valence-electron chi connectivity index (χ0n) is 11.2. The van der Waals surface area contributed by atoms with Crippen molar-refractivity contribution in [3.8, 4) is 0 Å². The summed E-state index contributed by atoms with van der Waals surface area (Å²) in [7, 11) is 2.61. The first-order valence-corrected chi connectivity index (χ1v) is 6.70. The number of fused-ring (bicyclic) bond motifs is 1. The monoisotopic (exact) mass is 294 g/mol. The first-order valence-electron chi connectivity index (χ1n) is 5.88. The van der Waals surface area contributed by atoms with Gasteiger partial charge in [-0.15, -0.1) is 0 Å². The SMILES string of the molecule is COC(=O)CN(CC(=O)OC)c1nc2ccccc2s1. The van der Waals surface area contributed by atoms with Crippen LogP contribution in [0.1, 0.15) is 0 Å². The van der Waals surface area contributed by atoms with Crippen LogP contribution in [0.3, 0.4) is 0 Å². The maximum Gasteiger partial charge on any atom is 0.325 e. The summed E-state index contributed by atoms with van der Waals surface area (Å²) in [5.74, 6) is -0.874. The van der Waals surface area contributed by atoms with Crippen LogP contribution in [0, 0.1) is 0 Å². The number of nitrogens with zero attached hydrogens (tertiary/aromatic N) is 2. The lowest BCUT2D eigenvalue weighted by atomic mass is 10.3. The first-order chi connectivity index (χ1) is 9.63. The summed E-state index contributed by atoms with van der Waals surface area (Å²) < 4.78 is 10.3. The van der Waals surface area contributed by atoms with Crippen molar-refractivity contribution in [2.24, 2.45) is 0 Å². The lowest BCUT2D eigenvalue weighted by Gasteiger charge is -2.18. The Morgan fingerprint density at radius 1 is 1.15 bits per heavy atom. The molecule has 1 aromatic heterocycles. The second-order valence-electron chi connectivity index (χ2n) is 3.97. The summed E-state index contributed by atoms with van der Waals surface area (Å²) >= 11 is 1.41. The molecule has 0 fully saturated rings. The third-order valence-corrected chi connectivity index (χ3v) is 3.75. The third-order valence-electron chi connectivity index (χ3n) is 2.65. The molecule has 1 aromatic carbocycles. The van der Waals surface area contributed by atoms with E-state index in [4.69, 9.17) is 0 Å². The Hall–Kier alpha value is -2.15. The van der Waals surface area contributed by atoms with E-state index in [1.54, 1.807) is 4.90 Å². The third kappa shape index (κ3) is 3.24. The number of benzene rings is 1. The van der Waals surface area contributed by atoms with Crippen LogP contribution in [-0.2, 0) is 19.1 Å². The number of para-hydroxylation sites is 1. The van der Waals surface area contributed by atoms with Crippen LogP contribution in [0.5, 0.6) is 0 Å². The van der Waals surface area contributed by atoms with Gasteiger partial charge in [0.2, 0.25) is 0 Å². The van der Waals surface area contributed by atoms with Crippen LogP contribution < -0.4 is 4.90 Å². The molecule has 7 heteroatoms. The van der Waals surface area contributed by atoms with Crippen molar-refractivity contribution in [1.29, 1.82) is 0 Å². The molecule has 1 heterocycles. The summed E-state index contributed by atoms with van der Waals surface area (Å²) in [5, 5.41) is 0.585. The van der Waals surface area contributed by atoms with Crippen molar-refractivity contribution in [3.05, 3.63) is 24.3 Å². The van der Waals surface area contributed by atoms with Gasteiger partial charge in [-0.2, -0.15) is 0 Å². The fourth-order valence-electron chi connectivity index (χ4n) is 1.63. The van der Waals surface area contributed by atoms with Crippen molar-refractivity contribution >= 4 is 38.6 Å². The number of carbonyl (C=O) groups is 2. The normalized spacial score (nSPS) is 10.3. The smallest absolute Gasteiger partial charge is 0.325 e. The molecule has 0 N–H and O–H groups in total. The minimum atomic E-state index is -0.437. The molecular formula is C13H14N2O4S. The minimum absolute atomic E-state index is 0.0502. The average Bonchev–Trinajstić information content (AvgIpc) is 2.90. The van der Waals surface area contributed by atoms with E-state index in [-0.39, 0.29) is 13.1 Å². The largest absolute Gasteiger partial charge is 0.468 e. The Bertz CT molecular complexity index is 575. The van der Waals surface area contributed by atoms with Gasteiger partial charge in [0.05, 0.1) is 24.4 Å². The highest BCUT2D eigenvalue weighted by atomic mass is 32.1. The zero-order chi connectivity index (χ0) is 14.5. The molecular weight excluding hydrogens is 280 g/mol. The fraction of sp³-hybridized carbons (Fsp3) is 0.308. The molecule has 2 aromatic rings. The second kappa shape index (κ2) is 6.33. The summed E-state index contributed by atoms with van der Waals surface area (Å²) in [6.45, 7) is -0.100. The molecule has 0 bridgehead atoms. The van der Waals surface area contributed by atoms with E-state index in [1.165, 1.54) is 25.6 Å². The first kappa shape index (κ1) is 14.3. The van der Waals surface area contributed by atoms with Crippen LogP contribution in [0.4, 0.5) is 5.13 Å². The van der Waals surface area contributed by atoms with E-state index in [0.717, 1.165) is 10.2 Å². The molecule has 0 aliphatic heterocycles. The highest BCUT2D eigenvalue weighted by Gasteiger charge is 2.19. The average molecular weight is 294 g/mol. The van der Waals surface area contributed by atoms with Crippen molar-refractivity contribution in [2.75, 3.05) is 32.2 Å². The Morgan fingerprint density at radius 2 is 1.75 bits per heavy atom. The molecule has 0 saturated heterocycles. The number of thiazole rings is 1. The second-order valence-corrected chi connectivity index (χ2v) is 4.98. The molecule has 0 aliphatic rings. The van der Waals surface area contributed by atoms with E-state index in [9.17, 15) is 9.59 Å². The number of rotatable bonds is 5. The standard InChI is InChI=1S/C13H14N2O4S/c1-18-11(16)7-15(8-12(17)19-2)13-14-9-5-3-4-6-10(9)20-13/h3-6H,7-8H2,1-2H3. The number of anilines is 1. The Morgan fingerprint density at radius 3 is 2.30 bits per heavy atom. The predicted octanol–water partition coefficient (Wildman–Crippen LogP) is 1.45. The van der Waals surface area contributed by atoms with E-state index >= 15 is 0 Å². The molecule has 0 amide bonds. The number of hydrogen-bond acceptors (Lipinski definition) is 7. The van der Waals surface area contributed by atoms with Crippen LogP contribution >= 0.6 is 11.3 Å². The van der Waals surface area contributed by atoms with Gasteiger partial charge in [0.25, 0.3) is 0 Å². The minimum Gasteiger partial charge on any atom is -0.468 e. The lowest BCUT2D eigenvalue weighted by molar-refractivity contribution is -0.140. The van der Waals surface area contributed by atoms with Crippen molar-refractivity contribution in [2.45, 2.75) is 0 Å². The van der Waals surface area contributed by atoms with Gasteiger partial charge >= 0.3 is 11.9 Å². The molecule has 0 aliphatic carbocycles. The molecule has 6 nitrogen and oxygen atoms in total. The molecule has 106 valence electrons. The van der Waals surface area contributed by atoms with E-state index in [1.807, 2.05) is 24.3 Å². The van der Waals surface area contributed by atoms with Crippen molar-refractivity contribution in [1.82, 2.24) is 4.98 Å². The predicted molar refractivity (Wildman–Crippen MR) is 75.9 cm³/mol. The summed E-state index contributed by atoms with van der Waals surface area (Å²) in [6.07, 6.45) is 0. The van der Waals surface area contributed by atoms with Gasteiger partial charge in [-0.3, -0.25) is 9.59 Å². The number of ether oxygens (including phenoxy) is 2. The van der Waals surface area contributed by atoms with Crippen LogP contribution in [0.15, 0.2) is 24.3 Å². The van der Waals surface area contributed by atoms with E-state index in [0.29, 0.717) is 5.13 Å². The topological polar surface area (TPSA) is 68.7 Å². The number of esters is 2. The van der Waals surface area contributed by atoms with Crippen molar-refractivity contribution < 1.29 is 19.1 Å². The molecule has 2 rings (SSSR count). The molecule has 20 heavy (non-hydrogen) atoms. The quantitative estimate of drug-likeness (QED) is 0.777. The Labute approximate surface area is 119 Å². The fourth-order valence-corrected chi connectivity index (χ4v) is 2.59. The summed E-state index contributed by atoms with van der Waals surface area (Å²) in [5.41, 5.74) is 0.826. The summed E-state index contributed by atoms with van der Waals surface area (Å²) in [4.78, 5) is 28.8. The zero-order valence-corrected chi connectivity index (χ0v) is 12.0. The highest BCUT2D eigenvalue weighted by Crippen LogP contribution is 2.28. The van der Waals surface area contributed by atoms with E-state index < -0.39 is 11.9 Å². The molecule has 0 radical (unpaired) electrons. The maximum atomic E-state index is 11.4. The van der Waals surface area contributed by atoms with Gasteiger partial charge in [0, 0.05) is 0 Å². The molecule has 0 saturated carbocycles. The van der Waals surface area contributed by atoms with Gasteiger partial charge in [0.15, 0.2) is 5.13 Å². The lowest BCUT2D eigenvalue weighted by Crippen LogP contribution is -2.35. The summed E-state index contributed by atoms with van der Waals surface area (Å²) in [6, 6.07) is 7.61.